The lowest BCUT2D eigenvalue weighted by Gasteiger charge is -2.14. The van der Waals surface area contributed by atoms with E-state index in [0.717, 1.165) is 16.8 Å². The number of hydrogen-bond acceptors (Lipinski definition) is 5. The molecule has 0 saturated heterocycles. The van der Waals surface area contributed by atoms with Crippen LogP contribution in [-0.2, 0) is 17.5 Å². The SMILES string of the molecule is O=C(Cn1nc(-c2ccc3c(c2)OCO3)ccc1=O)Nc1ccccc1C(F)(F)F. The van der Waals surface area contributed by atoms with Gasteiger partial charge in [0.05, 0.1) is 16.9 Å². The molecule has 0 spiro atoms. The van der Waals surface area contributed by atoms with Crippen molar-refractivity contribution in [2.75, 3.05) is 12.1 Å². The highest BCUT2D eigenvalue weighted by Gasteiger charge is 2.33. The molecule has 30 heavy (non-hydrogen) atoms. The van der Waals surface area contributed by atoms with Crippen LogP contribution >= 0.6 is 0 Å². The van der Waals surface area contributed by atoms with Gasteiger partial charge in [-0.2, -0.15) is 18.3 Å². The summed E-state index contributed by atoms with van der Waals surface area (Å²) in [6, 6.07) is 12.4. The summed E-state index contributed by atoms with van der Waals surface area (Å²) in [6.07, 6.45) is -4.63. The molecule has 10 heteroatoms. The smallest absolute Gasteiger partial charge is 0.418 e. The van der Waals surface area contributed by atoms with Crippen LogP contribution in [0.1, 0.15) is 5.56 Å². The third-order valence-corrected chi connectivity index (χ3v) is 4.33. The Balaban J connectivity index is 1.56. The summed E-state index contributed by atoms with van der Waals surface area (Å²) in [6.45, 7) is -0.450. The van der Waals surface area contributed by atoms with Crippen molar-refractivity contribution in [1.29, 1.82) is 0 Å². The molecule has 3 aromatic rings. The molecule has 0 atom stereocenters. The summed E-state index contributed by atoms with van der Waals surface area (Å²) in [5.74, 6) is 0.285. The first-order valence-corrected chi connectivity index (χ1v) is 8.75. The summed E-state index contributed by atoms with van der Waals surface area (Å²) < 4.78 is 50.7. The van der Waals surface area contributed by atoms with Crippen LogP contribution in [-0.4, -0.2) is 22.5 Å². The van der Waals surface area contributed by atoms with E-state index in [4.69, 9.17) is 9.47 Å². The molecule has 0 unspecified atom stereocenters. The van der Waals surface area contributed by atoms with Crippen LogP contribution in [0.15, 0.2) is 59.4 Å². The Bertz CT molecular complexity index is 1170. The minimum absolute atomic E-state index is 0.102. The molecule has 0 fully saturated rings. The molecule has 1 N–H and O–H groups in total. The molecule has 4 rings (SSSR count). The van der Waals surface area contributed by atoms with Gasteiger partial charge in [0.2, 0.25) is 12.7 Å². The van der Waals surface area contributed by atoms with Crippen molar-refractivity contribution < 1.29 is 27.4 Å². The zero-order chi connectivity index (χ0) is 21.3. The number of carbonyl (C=O) groups is 1. The van der Waals surface area contributed by atoms with Crippen molar-refractivity contribution in [3.05, 3.63) is 70.5 Å². The molecule has 1 amide bonds. The van der Waals surface area contributed by atoms with E-state index in [1.807, 2.05) is 0 Å². The van der Waals surface area contributed by atoms with Crippen LogP contribution in [0.2, 0.25) is 0 Å². The number of nitrogens with one attached hydrogen (secondary N) is 1. The molecule has 0 aliphatic carbocycles. The van der Waals surface area contributed by atoms with Crippen LogP contribution in [0.3, 0.4) is 0 Å². The van der Waals surface area contributed by atoms with E-state index in [2.05, 4.69) is 10.4 Å². The maximum Gasteiger partial charge on any atom is 0.418 e. The largest absolute Gasteiger partial charge is 0.454 e. The third kappa shape index (κ3) is 3.97. The number of para-hydroxylation sites is 1. The predicted octanol–water partition coefficient (Wildman–Crippen LogP) is 3.30. The van der Waals surface area contributed by atoms with E-state index in [1.165, 1.54) is 24.3 Å². The van der Waals surface area contributed by atoms with E-state index in [-0.39, 0.29) is 6.79 Å². The van der Waals surface area contributed by atoms with Gasteiger partial charge in [0.1, 0.15) is 6.54 Å². The van der Waals surface area contributed by atoms with Gasteiger partial charge in [0.25, 0.3) is 5.56 Å². The van der Waals surface area contributed by atoms with E-state index < -0.39 is 35.4 Å². The number of alkyl halides is 3. The lowest BCUT2D eigenvalue weighted by molar-refractivity contribution is -0.137. The maximum atomic E-state index is 13.1. The van der Waals surface area contributed by atoms with Crippen molar-refractivity contribution >= 4 is 11.6 Å². The topological polar surface area (TPSA) is 82.5 Å². The van der Waals surface area contributed by atoms with Crippen molar-refractivity contribution in [1.82, 2.24) is 9.78 Å². The Labute approximate surface area is 167 Å². The molecule has 2 heterocycles. The van der Waals surface area contributed by atoms with Gasteiger partial charge in [-0.05, 0) is 36.4 Å². The molecule has 154 valence electrons. The highest BCUT2D eigenvalue weighted by Crippen LogP contribution is 2.35. The number of amides is 1. The third-order valence-electron chi connectivity index (χ3n) is 4.33. The number of aromatic nitrogens is 2. The van der Waals surface area contributed by atoms with Gasteiger partial charge in [-0.1, -0.05) is 12.1 Å². The second-order valence-electron chi connectivity index (χ2n) is 6.37. The fourth-order valence-electron chi connectivity index (χ4n) is 2.94. The summed E-state index contributed by atoms with van der Waals surface area (Å²) in [5, 5.41) is 6.34. The molecule has 1 aliphatic rings. The monoisotopic (exact) mass is 417 g/mol. The number of fused-ring (bicyclic) bond motifs is 1. The Morgan fingerprint density at radius 1 is 1.07 bits per heavy atom. The Morgan fingerprint density at radius 2 is 1.83 bits per heavy atom. The average Bonchev–Trinajstić information content (AvgIpc) is 3.17. The molecular weight excluding hydrogens is 403 g/mol. The lowest BCUT2D eigenvalue weighted by atomic mass is 10.1. The van der Waals surface area contributed by atoms with Gasteiger partial charge in [-0.25, -0.2) is 4.68 Å². The van der Waals surface area contributed by atoms with Crippen LogP contribution in [0.4, 0.5) is 18.9 Å². The molecular formula is C20H14F3N3O4. The Hall–Kier alpha value is -3.82. The van der Waals surface area contributed by atoms with E-state index in [0.29, 0.717) is 22.8 Å². The Kier molecular flexibility index (Phi) is 4.90. The van der Waals surface area contributed by atoms with Crippen molar-refractivity contribution in [2.24, 2.45) is 0 Å². The lowest BCUT2D eigenvalue weighted by Crippen LogP contribution is -2.29. The van der Waals surface area contributed by atoms with Gasteiger partial charge < -0.3 is 14.8 Å². The number of anilines is 1. The molecule has 0 saturated carbocycles. The summed E-state index contributed by atoms with van der Waals surface area (Å²) >= 11 is 0. The van der Waals surface area contributed by atoms with Gasteiger partial charge in [-0.15, -0.1) is 0 Å². The predicted molar refractivity (Wildman–Crippen MR) is 100 cm³/mol. The number of benzene rings is 2. The average molecular weight is 417 g/mol. The van der Waals surface area contributed by atoms with E-state index in [9.17, 15) is 22.8 Å². The molecule has 1 aliphatic heterocycles. The number of halogens is 3. The summed E-state index contributed by atoms with van der Waals surface area (Å²) in [5.41, 5.74) is -0.936. The quantitative estimate of drug-likeness (QED) is 0.705. The van der Waals surface area contributed by atoms with Crippen LogP contribution in [0.25, 0.3) is 11.3 Å². The normalized spacial score (nSPS) is 12.6. The summed E-state index contributed by atoms with van der Waals surface area (Å²) in [4.78, 5) is 24.4. The van der Waals surface area contributed by atoms with Gasteiger partial charge in [0, 0.05) is 11.6 Å². The number of ether oxygens (including phenoxy) is 2. The van der Waals surface area contributed by atoms with Crippen molar-refractivity contribution in [2.45, 2.75) is 12.7 Å². The molecule has 1 aromatic heterocycles. The fourth-order valence-corrected chi connectivity index (χ4v) is 2.94. The first-order chi connectivity index (χ1) is 14.3. The number of hydrogen-bond donors (Lipinski definition) is 1. The minimum atomic E-state index is -4.63. The molecule has 7 nitrogen and oxygen atoms in total. The molecule has 0 bridgehead atoms. The highest BCUT2D eigenvalue weighted by atomic mass is 19.4. The number of nitrogens with zero attached hydrogens (tertiary/aromatic N) is 2. The fraction of sp³-hybridized carbons (Fsp3) is 0.150. The van der Waals surface area contributed by atoms with Crippen molar-refractivity contribution in [3.8, 4) is 22.8 Å². The van der Waals surface area contributed by atoms with E-state index >= 15 is 0 Å². The first-order valence-electron chi connectivity index (χ1n) is 8.75. The van der Waals surface area contributed by atoms with Crippen LogP contribution in [0, 0.1) is 0 Å². The minimum Gasteiger partial charge on any atom is -0.454 e. The molecule has 2 aromatic carbocycles. The number of rotatable bonds is 4. The summed E-state index contributed by atoms with van der Waals surface area (Å²) in [7, 11) is 0. The van der Waals surface area contributed by atoms with E-state index in [1.54, 1.807) is 18.2 Å². The first kappa shape index (κ1) is 19.5. The van der Waals surface area contributed by atoms with Gasteiger partial charge in [-0.3, -0.25) is 9.59 Å². The van der Waals surface area contributed by atoms with Crippen molar-refractivity contribution in [3.63, 3.8) is 0 Å². The van der Waals surface area contributed by atoms with Crippen LogP contribution in [0.5, 0.6) is 11.5 Å². The zero-order valence-electron chi connectivity index (χ0n) is 15.3. The zero-order valence-corrected chi connectivity index (χ0v) is 15.3. The van der Waals surface area contributed by atoms with Crippen LogP contribution < -0.4 is 20.3 Å². The highest BCUT2D eigenvalue weighted by molar-refractivity contribution is 5.91. The van der Waals surface area contributed by atoms with Gasteiger partial charge >= 0.3 is 6.18 Å². The number of carbonyl (C=O) groups excluding carboxylic acids is 1. The van der Waals surface area contributed by atoms with Gasteiger partial charge in [0.15, 0.2) is 11.5 Å². The molecule has 0 radical (unpaired) electrons. The maximum absolute atomic E-state index is 13.1. The Morgan fingerprint density at radius 3 is 2.63 bits per heavy atom. The second-order valence-corrected chi connectivity index (χ2v) is 6.37. The second kappa shape index (κ2) is 7.54. The standard InChI is InChI=1S/C20H14F3N3O4/c21-20(22,23)13-3-1-2-4-15(13)24-18(27)10-26-19(28)8-6-14(25-26)12-5-7-16-17(9-12)30-11-29-16/h1-9H,10-11H2,(H,24,27).